The third-order valence-electron chi connectivity index (χ3n) is 8.35. The number of carbonyl (C=O) groups is 2. The third kappa shape index (κ3) is 5.59. The molecule has 3 aromatic heterocycles. The van der Waals surface area contributed by atoms with Crippen molar-refractivity contribution in [1.82, 2.24) is 19.8 Å². The number of hydrogen-bond donors (Lipinski definition) is 2. The molecule has 1 unspecified atom stereocenters. The lowest BCUT2D eigenvalue weighted by atomic mass is 9.93. The van der Waals surface area contributed by atoms with Crippen LogP contribution in [0.15, 0.2) is 84.5 Å². The summed E-state index contributed by atoms with van der Waals surface area (Å²) in [5.74, 6) is -0.178. The van der Waals surface area contributed by atoms with Gasteiger partial charge >= 0.3 is 5.97 Å². The van der Waals surface area contributed by atoms with Gasteiger partial charge in [-0.3, -0.25) is 9.69 Å². The fourth-order valence-corrected chi connectivity index (χ4v) is 6.77. The van der Waals surface area contributed by atoms with Gasteiger partial charge in [-0.15, -0.1) is 11.3 Å². The van der Waals surface area contributed by atoms with Crippen LogP contribution in [-0.4, -0.2) is 75.5 Å². The molecule has 1 amide bonds. The van der Waals surface area contributed by atoms with Crippen LogP contribution in [0.3, 0.4) is 0 Å². The first kappa shape index (κ1) is 27.2. The maximum Gasteiger partial charge on any atom is 0.339 e. The highest BCUT2D eigenvalue weighted by Gasteiger charge is 2.33. The van der Waals surface area contributed by atoms with Gasteiger partial charge in [0.05, 0.1) is 11.1 Å². The molecular formula is C33H31N5O4S. The standard InChI is InChI=1S/C33H31N5O4S/c39-32(30-6-3-15-43-30)38-20-24-5-2-1-4-22(24)16-26(38)21-36-11-13-37(14-12-36)25-7-8-28(33(40)41)29(18-25)42-27-17-23-9-10-34-31(23)35-19-27/h1-10,15,17-19,26H,11-14,16,20-21H2,(H,34,35)(H,40,41). The lowest BCUT2D eigenvalue weighted by Crippen LogP contribution is -2.54. The van der Waals surface area contributed by atoms with Crippen LogP contribution in [0.2, 0.25) is 0 Å². The third-order valence-corrected chi connectivity index (χ3v) is 9.21. The number of H-pyrrole nitrogens is 1. The lowest BCUT2D eigenvalue weighted by Gasteiger charge is -2.42. The van der Waals surface area contributed by atoms with Crippen molar-refractivity contribution < 1.29 is 19.4 Å². The first-order valence-electron chi connectivity index (χ1n) is 14.4. The molecule has 7 rings (SSSR count). The van der Waals surface area contributed by atoms with E-state index in [0.29, 0.717) is 12.3 Å². The molecule has 0 spiro atoms. The van der Waals surface area contributed by atoms with Gasteiger partial charge in [-0.05, 0) is 53.3 Å². The number of carbonyl (C=O) groups excluding carboxylic acids is 1. The molecule has 0 radical (unpaired) electrons. The quantitative estimate of drug-likeness (QED) is 0.257. The summed E-state index contributed by atoms with van der Waals surface area (Å²) in [6.07, 6.45) is 4.23. The highest BCUT2D eigenvalue weighted by molar-refractivity contribution is 7.12. The molecule has 2 aliphatic heterocycles. The van der Waals surface area contributed by atoms with E-state index < -0.39 is 5.97 Å². The zero-order valence-corrected chi connectivity index (χ0v) is 24.3. The number of hydrogen-bond acceptors (Lipinski definition) is 7. The van der Waals surface area contributed by atoms with Gasteiger partial charge in [-0.1, -0.05) is 30.3 Å². The Hall–Kier alpha value is -4.67. The molecule has 218 valence electrons. The van der Waals surface area contributed by atoms with Crippen molar-refractivity contribution in [2.75, 3.05) is 37.6 Å². The Balaban J connectivity index is 1.05. The number of fused-ring (bicyclic) bond motifs is 2. The molecule has 1 saturated heterocycles. The van der Waals surface area contributed by atoms with Crippen molar-refractivity contribution in [1.29, 1.82) is 0 Å². The number of piperazine rings is 1. The average Bonchev–Trinajstić information content (AvgIpc) is 3.73. The molecule has 0 saturated carbocycles. The van der Waals surface area contributed by atoms with Crippen molar-refractivity contribution in [3.05, 3.63) is 106 Å². The summed E-state index contributed by atoms with van der Waals surface area (Å²) in [7, 11) is 0. The summed E-state index contributed by atoms with van der Waals surface area (Å²) < 4.78 is 6.06. The number of benzene rings is 2. The number of aromatic amines is 1. The van der Waals surface area contributed by atoms with Gasteiger partial charge in [-0.2, -0.15) is 0 Å². The monoisotopic (exact) mass is 593 g/mol. The summed E-state index contributed by atoms with van der Waals surface area (Å²) in [4.78, 5) is 40.4. The van der Waals surface area contributed by atoms with Crippen molar-refractivity contribution in [2.24, 2.45) is 0 Å². The average molecular weight is 594 g/mol. The van der Waals surface area contributed by atoms with Crippen molar-refractivity contribution in [3.8, 4) is 11.5 Å². The van der Waals surface area contributed by atoms with Gasteiger partial charge < -0.3 is 24.6 Å². The number of nitrogens with zero attached hydrogens (tertiary/aromatic N) is 4. The van der Waals surface area contributed by atoms with Crippen molar-refractivity contribution in [3.63, 3.8) is 0 Å². The van der Waals surface area contributed by atoms with E-state index in [1.165, 1.54) is 22.5 Å². The Kier molecular flexibility index (Phi) is 7.30. The van der Waals surface area contributed by atoms with E-state index in [9.17, 15) is 14.7 Å². The lowest BCUT2D eigenvalue weighted by molar-refractivity contribution is 0.0580. The largest absolute Gasteiger partial charge is 0.478 e. The van der Waals surface area contributed by atoms with Gasteiger partial charge in [0, 0.05) is 68.6 Å². The Bertz CT molecular complexity index is 1780. The number of aromatic carboxylic acids is 1. The van der Waals surface area contributed by atoms with Gasteiger partial charge in [0.1, 0.15) is 22.7 Å². The molecule has 0 aliphatic carbocycles. The number of anilines is 1. The first-order chi connectivity index (χ1) is 21.0. The van der Waals surface area contributed by atoms with Crippen LogP contribution in [-0.2, 0) is 13.0 Å². The van der Waals surface area contributed by atoms with E-state index in [1.807, 2.05) is 41.8 Å². The Morgan fingerprint density at radius 3 is 2.63 bits per heavy atom. The molecule has 10 heteroatoms. The molecule has 1 fully saturated rings. The van der Waals surface area contributed by atoms with Crippen LogP contribution in [0, 0.1) is 0 Å². The van der Waals surface area contributed by atoms with Crippen LogP contribution in [0.25, 0.3) is 11.0 Å². The van der Waals surface area contributed by atoms with Crippen molar-refractivity contribution >= 4 is 39.9 Å². The van der Waals surface area contributed by atoms with E-state index in [4.69, 9.17) is 4.74 Å². The number of amides is 1. The maximum absolute atomic E-state index is 13.5. The minimum atomic E-state index is -1.04. The molecule has 43 heavy (non-hydrogen) atoms. The normalized spacial score (nSPS) is 17.2. The molecule has 9 nitrogen and oxygen atoms in total. The van der Waals surface area contributed by atoms with Gasteiger partial charge in [0.15, 0.2) is 0 Å². The van der Waals surface area contributed by atoms with Crippen LogP contribution < -0.4 is 9.64 Å². The fourth-order valence-electron chi connectivity index (χ4n) is 6.09. The molecule has 5 heterocycles. The number of carboxylic acids is 1. The van der Waals surface area contributed by atoms with Crippen molar-refractivity contribution in [2.45, 2.75) is 19.0 Å². The van der Waals surface area contributed by atoms with E-state index in [0.717, 1.165) is 60.7 Å². The predicted octanol–water partition coefficient (Wildman–Crippen LogP) is 5.50. The number of rotatable bonds is 7. The second kappa shape index (κ2) is 11.5. The van der Waals surface area contributed by atoms with E-state index >= 15 is 0 Å². The Labute approximate surface area is 253 Å². The van der Waals surface area contributed by atoms with Gasteiger partial charge in [0.2, 0.25) is 0 Å². The molecule has 2 aliphatic rings. The minimum absolute atomic E-state index is 0.0943. The maximum atomic E-state index is 13.5. The van der Waals surface area contributed by atoms with Gasteiger partial charge in [-0.25, -0.2) is 9.78 Å². The highest BCUT2D eigenvalue weighted by atomic mass is 32.1. The molecular weight excluding hydrogens is 562 g/mol. The predicted molar refractivity (Wildman–Crippen MR) is 166 cm³/mol. The van der Waals surface area contributed by atoms with Crippen LogP contribution in [0.4, 0.5) is 5.69 Å². The smallest absolute Gasteiger partial charge is 0.339 e. The van der Waals surface area contributed by atoms with E-state index in [1.54, 1.807) is 24.5 Å². The SMILES string of the molecule is O=C(O)c1ccc(N2CCN(CC3Cc4ccccc4CN3C(=O)c3cccs3)CC2)cc1Oc1cnc2[nH]ccc2c1. The van der Waals surface area contributed by atoms with Crippen LogP contribution in [0.5, 0.6) is 11.5 Å². The summed E-state index contributed by atoms with van der Waals surface area (Å²) in [5.41, 5.74) is 4.30. The summed E-state index contributed by atoms with van der Waals surface area (Å²) in [6, 6.07) is 21.4. The Morgan fingerprint density at radius 1 is 1.00 bits per heavy atom. The van der Waals surface area contributed by atoms with Crippen LogP contribution >= 0.6 is 11.3 Å². The molecule has 5 aromatic rings. The molecule has 0 bridgehead atoms. The van der Waals surface area contributed by atoms with E-state index in [-0.39, 0.29) is 23.3 Å². The first-order valence-corrected chi connectivity index (χ1v) is 15.3. The number of ether oxygens (including phenoxy) is 1. The fraction of sp³-hybridized carbons (Fsp3) is 0.242. The summed E-state index contributed by atoms with van der Waals surface area (Å²) in [5, 5.41) is 12.7. The topological polar surface area (TPSA) is 102 Å². The van der Waals surface area contributed by atoms with Crippen LogP contribution in [0.1, 0.15) is 31.2 Å². The number of thiophene rings is 1. The highest BCUT2D eigenvalue weighted by Crippen LogP contribution is 2.32. The second-order valence-electron chi connectivity index (χ2n) is 11.0. The number of aromatic nitrogens is 2. The summed E-state index contributed by atoms with van der Waals surface area (Å²) in [6.45, 7) is 4.67. The molecule has 2 N–H and O–H groups in total. The molecule has 1 atom stereocenters. The molecule has 2 aromatic carbocycles. The van der Waals surface area contributed by atoms with Gasteiger partial charge in [0.25, 0.3) is 5.91 Å². The number of nitrogens with one attached hydrogen (secondary N) is 1. The zero-order chi connectivity index (χ0) is 29.3. The summed E-state index contributed by atoms with van der Waals surface area (Å²) >= 11 is 1.49. The zero-order valence-electron chi connectivity index (χ0n) is 23.5. The second-order valence-corrected chi connectivity index (χ2v) is 11.9. The Morgan fingerprint density at radius 2 is 1.84 bits per heavy atom. The minimum Gasteiger partial charge on any atom is -0.478 e. The number of pyridine rings is 1. The van der Waals surface area contributed by atoms with E-state index in [2.05, 4.69) is 42.9 Å². The number of carboxylic acid groups (broad SMARTS) is 1.